The molecule has 3 aromatic rings. The molecule has 0 fully saturated rings. The lowest BCUT2D eigenvalue weighted by Crippen LogP contribution is -2.27. The Kier molecular flexibility index (Phi) is 7.79. The maximum Gasteiger partial charge on any atom is 0.271 e. The molecule has 0 bridgehead atoms. The molecule has 0 aromatic heterocycles. The zero-order valence-corrected chi connectivity index (χ0v) is 19.1. The zero-order valence-electron chi connectivity index (χ0n) is 18.3. The summed E-state index contributed by atoms with van der Waals surface area (Å²) < 4.78 is 0. The number of nitro benzene ring substituents is 1. The smallest absolute Gasteiger partial charge is 0.271 e. The van der Waals surface area contributed by atoms with Crippen molar-refractivity contribution in [3.63, 3.8) is 0 Å². The molecular formula is C25H24ClN3O4. The van der Waals surface area contributed by atoms with Crippen LogP contribution in [0, 0.1) is 16.0 Å². The number of halogens is 1. The van der Waals surface area contributed by atoms with Gasteiger partial charge in [0.15, 0.2) is 5.78 Å². The second kappa shape index (κ2) is 10.7. The van der Waals surface area contributed by atoms with E-state index in [2.05, 4.69) is 5.32 Å². The van der Waals surface area contributed by atoms with Crippen LogP contribution in [0.25, 0.3) is 0 Å². The van der Waals surface area contributed by atoms with Gasteiger partial charge in [-0.3, -0.25) is 19.7 Å². The molecule has 1 N–H and O–H groups in total. The van der Waals surface area contributed by atoms with Crippen LogP contribution in [-0.2, 0) is 11.2 Å². The number of carbonyl (C=O) groups is 2. The van der Waals surface area contributed by atoms with E-state index < -0.39 is 10.8 Å². The van der Waals surface area contributed by atoms with E-state index in [-0.39, 0.29) is 34.5 Å². The van der Waals surface area contributed by atoms with E-state index in [1.54, 1.807) is 12.1 Å². The molecule has 0 radical (unpaired) electrons. The highest BCUT2D eigenvalue weighted by Crippen LogP contribution is 2.28. The first-order valence-corrected chi connectivity index (χ1v) is 10.7. The molecule has 33 heavy (non-hydrogen) atoms. The summed E-state index contributed by atoms with van der Waals surface area (Å²) in [6, 6.07) is 20.5. The molecule has 3 rings (SSSR count). The maximum atomic E-state index is 13.1. The van der Waals surface area contributed by atoms with Crippen LogP contribution in [-0.4, -0.2) is 30.7 Å². The number of rotatable bonds is 9. The van der Waals surface area contributed by atoms with Crippen molar-refractivity contribution in [1.82, 2.24) is 0 Å². The number of benzene rings is 3. The van der Waals surface area contributed by atoms with Crippen molar-refractivity contribution < 1.29 is 14.5 Å². The normalized spacial score (nSPS) is 11.5. The fourth-order valence-electron chi connectivity index (χ4n) is 3.40. The van der Waals surface area contributed by atoms with Gasteiger partial charge >= 0.3 is 0 Å². The highest BCUT2D eigenvalue weighted by molar-refractivity contribution is 6.34. The Hall–Kier alpha value is -3.71. The third-order valence-electron chi connectivity index (χ3n) is 5.25. The van der Waals surface area contributed by atoms with Crippen LogP contribution in [0.2, 0.25) is 5.02 Å². The number of carbonyl (C=O) groups excluding carboxylic acids is 2. The number of nitrogens with zero attached hydrogens (tertiary/aromatic N) is 2. The van der Waals surface area contributed by atoms with E-state index in [0.29, 0.717) is 12.0 Å². The van der Waals surface area contributed by atoms with Crippen molar-refractivity contribution in [3.8, 4) is 0 Å². The van der Waals surface area contributed by atoms with E-state index in [1.165, 1.54) is 18.2 Å². The summed E-state index contributed by atoms with van der Waals surface area (Å²) in [5.41, 5.74) is 2.50. The van der Waals surface area contributed by atoms with Crippen molar-refractivity contribution >= 4 is 40.4 Å². The van der Waals surface area contributed by atoms with Crippen molar-refractivity contribution in [2.24, 2.45) is 5.92 Å². The lowest BCUT2D eigenvalue weighted by molar-refractivity contribution is -0.384. The van der Waals surface area contributed by atoms with Crippen LogP contribution in [0.3, 0.4) is 0 Å². The van der Waals surface area contributed by atoms with Gasteiger partial charge in [0, 0.05) is 49.8 Å². The second-order valence-electron chi connectivity index (χ2n) is 7.87. The van der Waals surface area contributed by atoms with Crippen LogP contribution in [0.5, 0.6) is 0 Å². The first kappa shape index (κ1) is 23.9. The van der Waals surface area contributed by atoms with Crippen LogP contribution < -0.4 is 10.2 Å². The topological polar surface area (TPSA) is 92.6 Å². The Morgan fingerprint density at radius 1 is 1.03 bits per heavy atom. The average Bonchev–Trinajstić information content (AvgIpc) is 2.80. The van der Waals surface area contributed by atoms with Gasteiger partial charge in [-0.15, -0.1) is 0 Å². The Balaban J connectivity index is 1.80. The molecule has 0 aliphatic rings. The third-order valence-corrected chi connectivity index (χ3v) is 5.57. The van der Waals surface area contributed by atoms with Crippen LogP contribution >= 0.6 is 11.6 Å². The fraction of sp³-hybridized carbons (Fsp3) is 0.200. The summed E-state index contributed by atoms with van der Waals surface area (Å²) in [5, 5.41) is 13.7. The maximum absolute atomic E-state index is 13.1. The van der Waals surface area contributed by atoms with Gasteiger partial charge in [0.2, 0.25) is 5.91 Å². The second-order valence-corrected chi connectivity index (χ2v) is 8.27. The minimum Gasteiger partial charge on any atom is -0.378 e. The molecule has 0 unspecified atom stereocenters. The zero-order chi connectivity index (χ0) is 24.0. The molecule has 0 saturated heterocycles. The standard InChI is InChI=1S/C25H24ClN3O4/c1-28(2)20-10-8-18(9-11-20)24(30)15-19(14-17-6-4-3-5-7-17)25(31)27-23-13-12-21(29(32)33)16-22(23)26/h3-13,16,19H,14-15H2,1-2H3,(H,27,31)/t19-/m1/s1. The molecule has 1 atom stereocenters. The summed E-state index contributed by atoms with van der Waals surface area (Å²) in [5.74, 6) is -1.18. The summed E-state index contributed by atoms with van der Waals surface area (Å²) in [7, 11) is 3.83. The number of hydrogen-bond acceptors (Lipinski definition) is 5. The SMILES string of the molecule is CN(C)c1ccc(C(=O)C[C@@H](Cc2ccccc2)C(=O)Nc2ccc([N+](=O)[O-])cc2Cl)cc1. The molecule has 7 nitrogen and oxygen atoms in total. The van der Waals surface area contributed by atoms with E-state index in [1.807, 2.05) is 61.5 Å². The molecule has 0 spiro atoms. The molecule has 0 saturated carbocycles. The molecule has 0 aliphatic heterocycles. The summed E-state index contributed by atoms with van der Waals surface area (Å²) in [6.45, 7) is 0. The lowest BCUT2D eigenvalue weighted by atomic mass is 9.91. The van der Waals surface area contributed by atoms with E-state index in [0.717, 1.165) is 11.3 Å². The van der Waals surface area contributed by atoms with E-state index in [9.17, 15) is 19.7 Å². The Morgan fingerprint density at radius 2 is 1.70 bits per heavy atom. The average molecular weight is 466 g/mol. The predicted molar refractivity (Wildman–Crippen MR) is 130 cm³/mol. The summed E-state index contributed by atoms with van der Waals surface area (Å²) in [6.07, 6.45) is 0.367. The van der Waals surface area contributed by atoms with Gasteiger partial charge in [0.25, 0.3) is 5.69 Å². The predicted octanol–water partition coefficient (Wildman–Crippen LogP) is 5.38. The summed E-state index contributed by atoms with van der Waals surface area (Å²) >= 11 is 6.13. The Morgan fingerprint density at radius 3 is 2.27 bits per heavy atom. The van der Waals surface area contributed by atoms with E-state index >= 15 is 0 Å². The lowest BCUT2D eigenvalue weighted by Gasteiger charge is -2.18. The number of nitrogens with one attached hydrogen (secondary N) is 1. The van der Waals surface area contributed by atoms with Crippen LogP contribution in [0.15, 0.2) is 72.8 Å². The number of Topliss-reactive ketones (excluding diaryl/α,β-unsaturated/α-hetero) is 1. The van der Waals surface area contributed by atoms with Crippen molar-refractivity contribution in [3.05, 3.63) is 99.1 Å². The van der Waals surface area contributed by atoms with Crippen molar-refractivity contribution in [1.29, 1.82) is 0 Å². The first-order chi connectivity index (χ1) is 15.7. The van der Waals surface area contributed by atoms with Gasteiger partial charge in [-0.1, -0.05) is 41.9 Å². The highest BCUT2D eigenvalue weighted by atomic mass is 35.5. The Labute approximate surface area is 197 Å². The first-order valence-electron chi connectivity index (χ1n) is 10.3. The fourth-order valence-corrected chi connectivity index (χ4v) is 3.62. The van der Waals surface area contributed by atoms with Gasteiger partial charge < -0.3 is 10.2 Å². The van der Waals surface area contributed by atoms with Crippen molar-refractivity contribution in [2.75, 3.05) is 24.3 Å². The van der Waals surface area contributed by atoms with Gasteiger partial charge in [0.05, 0.1) is 15.6 Å². The van der Waals surface area contributed by atoms with Crippen molar-refractivity contribution in [2.45, 2.75) is 12.8 Å². The van der Waals surface area contributed by atoms with Gasteiger partial charge in [-0.25, -0.2) is 0 Å². The quantitative estimate of drug-likeness (QED) is 0.260. The molecular weight excluding hydrogens is 442 g/mol. The monoisotopic (exact) mass is 465 g/mol. The molecule has 170 valence electrons. The van der Waals surface area contributed by atoms with Gasteiger partial charge in [0.1, 0.15) is 0 Å². The largest absolute Gasteiger partial charge is 0.378 e. The van der Waals surface area contributed by atoms with E-state index in [4.69, 9.17) is 11.6 Å². The minimum atomic E-state index is -0.653. The minimum absolute atomic E-state index is 0.00659. The van der Waals surface area contributed by atoms with Crippen LogP contribution in [0.1, 0.15) is 22.3 Å². The number of ketones is 1. The van der Waals surface area contributed by atoms with Crippen LogP contribution in [0.4, 0.5) is 17.1 Å². The molecule has 8 heteroatoms. The highest BCUT2D eigenvalue weighted by Gasteiger charge is 2.24. The number of nitro groups is 1. The number of non-ortho nitro benzene ring substituents is 1. The molecule has 0 aliphatic carbocycles. The third kappa shape index (κ3) is 6.40. The number of hydrogen-bond donors (Lipinski definition) is 1. The number of anilines is 2. The van der Waals surface area contributed by atoms with Gasteiger partial charge in [-0.05, 0) is 42.3 Å². The molecule has 1 amide bonds. The molecule has 3 aromatic carbocycles. The Bertz CT molecular complexity index is 1150. The molecule has 0 heterocycles. The summed E-state index contributed by atoms with van der Waals surface area (Å²) in [4.78, 5) is 38.4. The van der Waals surface area contributed by atoms with Gasteiger partial charge in [-0.2, -0.15) is 0 Å². The number of amides is 1.